The number of piperidine rings is 1. The number of likely N-dealkylation sites (tertiary alicyclic amines) is 1. The minimum absolute atomic E-state index is 0.0283. The Bertz CT molecular complexity index is 1100. The predicted molar refractivity (Wildman–Crippen MR) is 117 cm³/mol. The molecule has 0 bridgehead atoms. The van der Waals surface area contributed by atoms with Gasteiger partial charge < -0.3 is 4.90 Å². The SMILES string of the molecule is Cc1ccc(-n2ccnn2)c(C(=O)N2CCC[C@@H](C)[C@H]2CCc2ccc(C(F)(F)F)cn2)c1. The van der Waals surface area contributed by atoms with Gasteiger partial charge in [-0.2, -0.15) is 13.2 Å². The van der Waals surface area contributed by atoms with Gasteiger partial charge in [0.05, 0.1) is 29.2 Å². The summed E-state index contributed by atoms with van der Waals surface area (Å²) < 4.78 is 40.0. The molecule has 33 heavy (non-hydrogen) atoms. The normalized spacial score (nSPS) is 19.0. The van der Waals surface area contributed by atoms with Crippen LogP contribution in [0.2, 0.25) is 0 Å². The maximum Gasteiger partial charge on any atom is 0.417 e. The number of alkyl halides is 3. The van der Waals surface area contributed by atoms with Crippen LogP contribution in [0.3, 0.4) is 0 Å². The Kier molecular flexibility index (Phi) is 6.49. The first-order chi connectivity index (χ1) is 15.7. The first-order valence-electron chi connectivity index (χ1n) is 11.0. The number of hydrogen-bond acceptors (Lipinski definition) is 4. The monoisotopic (exact) mass is 457 g/mol. The van der Waals surface area contributed by atoms with Crippen molar-refractivity contribution in [3.8, 4) is 5.69 Å². The molecule has 3 heterocycles. The van der Waals surface area contributed by atoms with Gasteiger partial charge in [0.2, 0.25) is 0 Å². The number of rotatable bonds is 5. The van der Waals surface area contributed by atoms with Crippen molar-refractivity contribution in [2.24, 2.45) is 5.92 Å². The van der Waals surface area contributed by atoms with E-state index in [-0.39, 0.29) is 17.9 Å². The molecule has 0 unspecified atom stereocenters. The van der Waals surface area contributed by atoms with Crippen molar-refractivity contribution < 1.29 is 18.0 Å². The van der Waals surface area contributed by atoms with Crippen LogP contribution in [0.5, 0.6) is 0 Å². The molecule has 4 rings (SSSR count). The largest absolute Gasteiger partial charge is 0.417 e. The highest BCUT2D eigenvalue weighted by molar-refractivity contribution is 5.98. The van der Waals surface area contributed by atoms with Crippen LogP contribution >= 0.6 is 0 Å². The van der Waals surface area contributed by atoms with Crippen LogP contribution in [0.25, 0.3) is 5.69 Å². The summed E-state index contributed by atoms with van der Waals surface area (Å²) in [5, 5.41) is 7.90. The molecule has 1 aliphatic heterocycles. The third-order valence-corrected chi connectivity index (χ3v) is 6.28. The Balaban J connectivity index is 1.55. The van der Waals surface area contributed by atoms with E-state index in [4.69, 9.17) is 0 Å². The maximum atomic E-state index is 13.7. The fourth-order valence-corrected chi connectivity index (χ4v) is 4.49. The first kappa shape index (κ1) is 22.9. The number of nitrogens with zero attached hydrogens (tertiary/aromatic N) is 5. The fourth-order valence-electron chi connectivity index (χ4n) is 4.49. The van der Waals surface area contributed by atoms with E-state index in [2.05, 4.69) is 22.2 Å². The molecular weight excluding hydrogens is 431 g/mol. The minimum Gasteiger partial charge on any atom is -0.335 e. The molecule has 1 fully saturated rings. The summed E-state index contributed by atoms with van der Waals surface area (Å²) >= 11 is 0. The average Bonchev–Trinajstić information content (AvgIpc) is 3.32. The van der Waals surface area contributed by atoms with Crippen molar-refractivity contribution in [3.05, 3.63) is 71.3 Å². The van der Waals surface area contributed by atoms with Gasteiger partial charge in [0.25, 0.3) is 5.91 Å². The lowest BCUT2D eigenvalue weighted by atomic mass is 9.86. The lowest BCUT2D eigenvalue weighted by Crippen LogP contribution is -2.48. The van der Waals surface area contributed by atoms with Crippen LogP contribution in [0.1, 0.15) is 53.4 Å². The summed E-state index contributed by atoms with van der Waals surface area (Å²) in [6, 6.07) is 8.12. The van der Waals surface area contributed by atoms with Gasteiger partial charge in [0.15, 0.2) is 0 Å². The van der Waals surface area contributed by atoms with Crippen molar-refractivity contribution in [1.29, 1.82) is 0 Å². The number of carbonyl (C=O) groups excluding carboxylic acids is 1. The average molecular weight is 458 g/mol. The summed E-state index contributed by atoms with van der Waals surface area (Å²) in [5.74, 6) is 0.206. The molecule has 1 amide bonds. The standard InChI is InChI=1S/C24H26F3N5O/c1-16-5-9-22(32-13-11-29-30-32)20(14-16)23(33)31-12-3-4-17(2)21(31)10-8-19-7-6-18(15-28-19)24(25,26)27/h5-7,9,11,13-15,17,21H,3-4,8,10,12H2,1-2H3/t17-,21-/m1/s1. The molecule has 3 aromatic rings. The van der Waals surface area contributed by atoms with Gasteiger partial charge >= 0.3 is 6.18 Å². The number of carbonyl (C=O) groups is 1. The first-order valence-corrected chi connectivity index (χ1v) is 11.0. The van der Waals surface area contributed by atoms with Crippen molar-refractivity contribution in [1.82, 2.24) is 24.9 Å². The third kappa shape index (κ3) is 5.07. The molecule has 1 aromatic carbocycles. The van der Waals surface area contributed by atoms with Crippen LogP contribution in [0.4, 0.5) is 13.2 Å². The summed E-state index contributed by atoms with van der Waals surface area (Å²) in [7, 11) is 0. The summed E-state index contributed by atoms with van der Waals surface area (Å²) in [6.45, 7) is 4.70. The number of pyridine rings is 1. The van der Waals surface area contributed by atoms with Gasteiger partial charge in [-0.25, -0.2) is 4.68 Å². The number of halogens is 3. The highest BCUT2D eigenvalue weighted by atomic mass is 19.4. The molecule has 0 radical (unpaired) electrons. The van der Waals surface area contributed by atoms with E-state index in [0.717, 1.165) is 30.7 Å². The van der Waals surface area contributed by atoms with Gasteiger partial charge in [0, 0.05) is 24.5 Å². The van der Waals surface area contributed by atoms with E-state index in [0.29, 0.717) is 36.3 Å². The Morgan fingerprint density at radius 3 is 2.70 bits per heavy atom. The van der Waals surface area contributed by atoms with Gasteiger partial charge in [-0.1, -0.05) is 23.8 Å². The van der Waals surface area contributed by atoms with E-state index in [1.54, 1.807) is 17.1 Å². The van der Waals surface area contributed by atoms with Crippen LogP contribution in [-0.4, -0.2) is 43.4 Å². The van der Waals surface area contributed by atoms with Crippen molar-refractivity contribution in [2.75, 3.05) is 6.54 Å². The molecular formula is C24H26F3N5O. The topological polar surface area (TPSA) is 63.9 Å². The molecule has 0 saturated carbocycles. The van der Waals surface area contributed by atoms with Crippen LogP contribution in [-0.2, 0) is 12.6 Å². The van der Waals surface area contributed by atoms with E-state index < -0.39 is 11.7 Å². The minimum atomic E-state index is -4.40. The van der Waals surface area contributed by atoms with Crippen molar-refractivity contribution in [2.45, 2.75) is 51.7 Å². The van der Waals surface area contributed by atoms with Gasteiger partial charge in [0.1, 0.15) is 0 Å². The van der Waals surface area contributed by atoms with Crippen LogP contribution in [0.15, 0.2) is 48.9 Å². The molecule has 0 N–H and O–H groups in total. The second-order valence-corrected chi connectivity index (χ2v) is 8.63. The lowest BCUT2D eigenvalue weighted by Gasteiger charge is -2.40. The van der Waals surface area contributed by atoms with E-state index in [1.165, 1.54) is 6.07 Å². The molecule has 6 nitrogen and oxygen atoms in total. The summed E-state index contributed by atoms with van der Waals surface area (Å²) in [6.07, 6.45) is 2.79. The quantitative estimate of drug-likeness (QED) is 0.549. The number of hydrogen-bond donors (Lipinski definition) is 0. The van der Waals surface area contributed by atoms with Crippen LogP contribution < -0.4 is 0 Å². The molecule has 0 aliphatic carbocycles. The number of amides is 1. The number of aromatic nitrogens is 4. The molecule has 1 saturated heterocycles. The van der Waals surface area contributed by atoms with E-state index in [1.807, 2.05) is 30.0 Å². The molecule has 2 aromatic heterocycles. The second-order valence-electron chi connectivity index (χ2n) is 8.63. The lowest BCUT2D eigenvalue weighted by molar-refractivity contribution is -0.137. The van der Waals surface area contributed by atoms with E-state index in [9.17, 15) is 18.0 Å². The molecule has 9 heteroatoms. The molecule has 2 atom stereocenters. The predicted octanol–water partition coefficient (Wildman–Crippen LogP) is 4.86. The van der Waals surface area contributed by atoms with Crippen molar-refractivity contribution in [3.63, 3.8) is 0 Å². The Morgan fingerprint density at radius 2 is 2.03 bits per heavy atom. The molecule has 1 aliphatic rings. The third-order valence-electron chi connectivity index (χ3n) is 6.28. The zero-order valence-corrected chi connectivity index (χ0v) is 18.6. The van der Waals surface area contributed by atoms with Crippen molar-refractivity contribution >= 4 is 5.91 Å². The summed E-state index contributed by atoms with van der Waals surface area (Å²) in [4.78, 5) is 19.6. The smallest absolute Gasteiger partial charge is 0.335 e. The molecule has 0 spiro atoms. The number of benzene rings is 1. The van der Waals surface area contributed by atoms with Gasteiger partial charge in [-0.05, 0) is 62.8 Å². The Morgan fingerprint density at radius 1 is 1.21 bits per heavy atom. The number of aryl methyl sites for hydroxylation is 2. The second kappa shape index (κ2) is 9.33. The Hall–Kier alpha value is -3.23. The summed E-state index contributed by atoms with van der Waals surface area (Å²) in [5.41, 5.74) is 2.04. The maximum absolute atomic E-state index is 13.7. The van der Waals surface area contributed by atoms with Gasteiger partial charge in [-0.15, -0.1) is 5.10 Å². The van der Waals surface area contributed by atoms with Gasteiger partial charge in [-0.3, -0.25) is 9.78 Å². The zero-order chi connectivity index (χ0) is 23.6. The highest BCUT2D eigenvalue weighted by Gasteiger charge is 2.34. The molecule has 174 valence electrons. The Labute approximate surface area is 190 Å². The van der Waals surface area contributed by atoms with E-state index >= 15 is 0 Å². The fraction of sp³-hybridized carbons (Fsp3) is 0.417. The highest BCUT2D eigenvalue weighted by Crippen LogP contribution is 2.31. The zero-order valence-electron chi connectivity index (χ0n) is 18.6. The van der Waals surface area contributed by atoms with Crippen LogP contribution in [0, 0.1) is 12.8 Å².